The topological polar surface area (TPSA) is 56.9 Å². The van der Waals surface area contributed by atoms with Gasteiger partial charge in [-0.2, -0.15) is 0 Å². The van der Waals surface area contributed by atoms with Crippen molar-refractivity contribution in [2.45, 2.75) is 6.42 Å². The molecule has 4 heteroatoms. The molecule has 1 aliphatic rings. The number of benzene rings is 1. The molecule has 0 radical (unpaired) electrons. The van der Waals surface area contributed by atoms with Crippen LogP contribution in [-0.4, -0.2) is 30.5 Å². The summed E-state index contributed by atoms with van der Waals surface area (Å²) in [4.78, 5) is 15.2. The molecule has 2 heterocycles. The molecule has 1 amide bonds. The number of fused-ring (bicyclic) bond motifs is 1. The summed E-state index contributed by atoms with van der Waals surface area (Å²) >= 11 is 0. The average Bonchev–Trinajstić information content (AvgIpc) is 2.90. The molecule has 19 heavy (non-hydrogen) atoms. The average molecular weight is 255 g/mol. The van der Waals surface area contributed by atoms with E-state index < -0.39 is 0 Å². The number of carbonyl (C=O) groups is 1. The van der Waals surface area contributed by atoms with E-state index in [0.717, 1.165) is 30.4 Å². The molecule has 0 fully saturated rings. The van der Waals surface area contributed by atoms with Crippen LogP contribution >= 0.6 is 0 Å². The van der Waals surface area contributed by atoms with Gasteiger partial charge in [0, 0.05) is 24.0 Å². The number of aromatic nitrogens is 1. The third-order valence-corrected chi connectivity index (χ3v) is 3.41. The third-order valence-electron chi connectivity index (χ3n) is 3.41. The maximum absolute atomic E-state index is 12.1. The second kappa shape index (κ2) is 5.28. The Morgan fingerprint density at radius 3 is 3.00 bits per heavy atom. The van der Waals surface area contributed by atoms with Crippen LogP contribution in [0.1, 0.15) is 16.9 Å². The molecule has 1 aromatic carbocycles. The minimum absolute atomic E-state index is 0.0457. The van der Waals surface area contributed by atoms with Crippen LogP contribution in [0.15, 0.2) is 42.0 Å². The van der Waals surface area contributed by atoms with Gasteiger partial charge in [-0.05, 0) is 25.1 Å². The van der Waals surface area contributed by atoms with Crippen LogP contribution in [0.4, 0.5) is 0 Å². The van der Waals surface area contributed by atoms with E-state index in [9.17, 15) is 4.79 Å². The number of H-pyrrole nitrogens is 1. The Labute approximate surface area is 111 Å². The number of amides is 1. The first-order valence-corrected chi connectivity index (χ1v) is 6.57. The fourth-order valence-electron chi connectivity index (χ4n) is 2.31. The predicted octanol–water partition coefficient (Wildman–Crippen LogP) is 1.82. The van der Waals surface area contributed by atoms with E-state index in [2.05, 4.69) is 21.7 Å². The highest BCUT2D eigenvalue weighted by atomic mass is 16.1. The van der Waals surface area contributed by atoms with Crippen molar-refractivity contribution in [3.8, 4) is 0 Å². The zero-order valence-electron chi connectivity index (χ0n) is 10.7. The smallest absolute Gasteiger partial charge is 0.267 e. The Hall–Kier alpha value is -2.07. The highest BCUT2D eigenvalue weighted by molar-refractivity contribution is 5.98. The summed E-state index contributed by atoms with van der Waals surface area (Å²) in [5.41, 5.74) is 2.91. The molecule has 4 nitrogen and oxygen atoms in total. The number of rotatable bonds is 3. The molecule has 3 N–H and O–H groups in total. The first-order chi connectivity index (χ1) is 9.33. The molecule has 1 aromatic heterocycles. The van der Waals surface area contributed by atoms with Crippen LogP contribution in [0.3, 0.4) is 0 Å². The van der Waals surface area contributed by atoms with Gasteiger partial charge in [0.15, 0.2) is 0 Å². The lowest BCUT2D eigenvalue weighted by Crippen LogP contribution is -2.29. The fourth-order valence-corrected chi connectivity index (χ4v) is 2.31. The lowest BCUT2D eigenvalue weighted by atomic mass is 10.1. The number of para-hydroxylation sites is 1. The molecule has 0 saturated carbocycles. The molecule has 2 aromatic rings. The van der Waals surface area contributed by atoms with Crippen molar-refractivity contribution in [2.75, 3.05) is 19.6 Å². The summed E-state index contributed by atoms with van der Waals surface area (Å²) in [6, 6.07) is 9.79. The molecule has 0 aliphatic carbocycles. The first kappa shape index (κ1) is 12.0. The molecular weight excluding hydrogens is 238 g/mol. The summed E-state index contributed by atoms with van der Waals surface area (Å²) in [5.74, 6) is -0.0457. The van der Waals surface area contributed by atoms with Gasteiger partial charge in [0.1, 0.15) is 5.69 Å². The largest absolute Gasteiger partial charge is 0.351 e. The molecular formula is C15H17N3O. The maximum Gasteiger partial charge on any atom is 0.267 e. The van der Waals surface area contributed by atoms with Crippen LogP contribution in [0.2, 0.25) is 0 Å². The van der Waals surface area contributed by atoms with Crippen LogP contribution in [0.5, 0.6) is 0 Å². The monoisotopic (exact) mass is 255 g/mol. The van der Waals surface area contributed by atoms with Gasteiger partial charge in [0.05, 0.1) is 0 Å². The lowest BCUT2D eigenvalue weighted by molar-refractivity contribution is 0.0952. The van der Waals surface area contributed by atoms with E-state index in [0.29, 0.717) is 12.2 Å². The van der Waals surface area contributed by atoms with Crippen molar-refractivity contribution in [1.82, 2.24) is 15.6 Å². The van der Waals surface area contributed by atoms with Crippen molar-refractivity contribution < 1.29 is 4.79 Å². The molecule has 0 atom stereocenters. The van der Waals surface area contributed by atoms with Gasteiger partial charge in [-0.25, -0.2) is 0 Å². The Morgan fingerprint density at radius 2 is 2.21 bits per heavy atom. The van der Waals surface area contributed by atoms with Gasteiger partial charge >= 0.3 is 0 Å². The second-order valence-corrected chi connectivity index (χ2v) is 4.77. The zero-order valence-corrected chi connectivity index (χ0v) is 10.7. The minimum atomic E-state index is -0.0457. The van der Waals surface area contributed by atoms with Crippen molar-refractivity contribution in [2.24, 2.45) is 0 Å². The summed E-state index contributed by atoms with van der Waals surface area (Å²) in [6.07, 6.45) is 3.15. The van der Waals surface area contributed by atoms with Crippen LogP contribution in [-0.2, 0) is 0 Å². The predicted molar refractivity (Wildman–Crippen MR) is 76.2 cm³/mol. The molecule has 98 valence electrons. The standard InChI is InChI=1S/C15H17N3O/c19-15(17-10-11-5-7-16-8-6-11)14-9-12-3-1-2-4-13(12)18-14/h1-5,9,16,18H,6-8,10H2,(H,17,19). The third kappa shape index (κ3) is 2.69. The second-order valence-electron chi connectivity index (χ2n) is 4.77. The van der Waals surface area contributed by atoms with Gasteiger partial charge in [-0.3, -0.25) is 4.79 Å². The van der Waals surface area contributed by atoms with Gasteiger partial charge in [-0.15, -0.1) is 0 Å². The van der Waals surface area contributed by atoms with Crippen molar-refractivity contribution >= 4 is 16.8 Å². The Kier molecular flexibility index (Phi) is 3.33. The van der Waals surface area contributed by atoms with Crippen molar-refractivity contribution in [3.05, 3.63) is 47.7 Å². The summed E-state index contributed by atoms with van der Waals surface area (Å²) in [7, 11) is 0. The van der Waals surface area contributed by atoms with Crippen LogP contribution in [0, 0.1) is 0 Å². The quantitative estimate of drug-likeness (QED) is 0.733. The molecule has 0 saturated heterocycles. The summed E-state index contributed by atoms with van der Waals surface area (Å²) in [5, 5.41) is 7.28. The van der Waals surface area contributed by atoms with Crippen molar-refractivity contribution in [1.29, 1.82) is 0 Å². The van der Waals surface area contributed by atoms with Gasteiger partial charge in [-0.1, -0.05) is 29.8 Å². The number of carbonyl (C=O) groups excluding carboxylic acids is 1. The Bertz CT molecular complexity index is 594. The van der Waals surface area contributed by atoms with Crippen LogP contribution < -0.4 is 10.6 Å². The SMILES string of the molecule is O=C(NCC1=CCNCC1)c1cc2ccccc2[nH]1. The molecule has 1 aliphatic heterocycles. The molecule has 0 unspecified atom stereocenters. The molecule has 3 rings (SSSR count). The minimum Gasteiger partial charge on any atom is -0.351 e. The normalized spacial score (nSPS) is 15.3. The number of hydrogen-bond acceptors (Lipinski definition) is 2. The Balaban J connectivity index is 1.68. The van der Waals surface area contributed by atoms with E-state index in [4.69, 9.17) is 0 Å². The van der Waals surface area contributed by atoms with Gasteiger partial charge in [0.25, 0.3) is 5.91 Å². The number of nitrogens with one attached hydrogen (secondary N) is 3. The summed E-state index contributed by atoms with van der Waals surface area (Å²) < 4.78 is 0. The molecule has 0 bridgehead atoms. The highest BCUT2D eigenvalue weighted by Crippen LogP contribution is 2.14. The molecule has 0 spiro atoms. The highest BCUT2D eigenvalue weighted by Gasteiger charge is 2.10. The Morgan fingerprint density at radius 1 is 1.32 bits per heavy atom. The zero-order chi connectivity index (χ0) is 13.1. The number of aromatic amines is 1. The van der Waals surface area contributed by atoms with E-state index >= 15 is 0 Å². The van der Waals surface area contributed by atoms with E-state index in [1.807, 2.05) is 30.3 Å². The number of hydrogen-bond donors (Lipinski definition) is 3. The van der Waals surface area contributed by atoms with Crippen LogP contribution in [0.25, 0.3) is 10.9 Å². The van der Waals surface area contributed by atoms with E-state index in [1.165, 1.54) is 5.57 Å². The lowest BCUT2D eigenvalue weighted by Gasteiger charge is -2.14. The van der Waals surface area contributed by atoms with Gasteiger partial charge < -0.3 is 15.6 Å². The first-order valence-electron chi connectivity index (χ1n) is 6.57. The van der Waals surface area contributed by atoms with Gasteiger partial charge in [0.2, 0.25) is 0 Å². The van der Waals surface area contributed by atoms with E-state index in [-0.39, 0.29) is 5.91 Å². The van der Waals surface area contributed by atoms with Crippen molar-refractivity contribution in [3.63, 3.8) is 0 Å². The summed E-state index contributed by atoms with van der Waals surface area (Å²) in [6.45, 7) is 2.53. The fraction of sp³-hybridized carbons (Fsp3) is 0.267. The maximum atomic E-state index is 12.1. The van der Waals surface area contributed by atoms with E-state index in [1.54, 1.807) is 0 Å².